The number of sulfonamides is 1. The zero-order valence-corrected chi connectivity index (χ0v) is 17.0. The molecule has 0 bridgehead atoms. The molecule has 1 aromatic carbocycles. The van der Waals surface area contributed by atoms with Crippen LogP contribution >= 0.6 is 11.3 Å². The van der Waals surface area contributed by atoms with Crippen LogP contribution in [-0.2, 0) is 10.0 Å². The Hall–Kier alpha value is -3.63. The summed E-state index contributed by atoms with van der Waals surface area (Å²) in [5.41, 5.74) is 3.11. The molecule has 0 radical (unpaired) electrons. The van der Waals surface area contributed by atoms with Gasteiger partial charge in [0, 0.05) is 17.4 Å². The second kappa shape index (κ2) is 7.32. The van der Waals surface area contributed by atoms with Crippen molar-refractivity contribution < 1.29 is 8.42 Å². The standard InChI is InChI=1S/C20H14N6O2S2/c27-30(28,19-8-4-12-29-19)25-15-6-3-5-14(13-15)16-9-10-18-22-23-20(26(18)24-16)17-7-1-2-11-21-17/h1-13,25H. The summed E-state index contributed by atoms with van der Waals surface area (Å²) in [5.74, 6) is 0.530. The second-order valence-corrected chi connectivity index (χ2v) is 9.20. The van der Waals surface area contributed by atoms with Crippen molar-refractivity contribution >= 4 is 32.7 Å². The van der Waals surface area contributed by atoms with Crippen LogP contribution in [0.25, 0.3) is 28.4 Å². The average Bonchev–Trinajstić information content (AvgIpc) is 3.44. The predicted molar refractivity (Wildman–Crippen MR) is 115 cm³/mol. The first kappa shape index (κ1) is 18.4. The van der Waals surface area contributed by atoms with E-state index in [9.17, 15) is 8.42 Å². The summed E-state index contributed by atoms with van der Waals surface area (Å²) in [6.07, 6.45) is 1.68. The van der Waals surface area contributed by atoms with E-state index >= 15 is 0 Å². The SMILES string of the molecule is O=S(=O)(Nc1cccc(-c2ccc3nnc(-c4ccccn4)n3n2)c1)c1cccs1. The summed E-state index contributed by atoms with van der Waals surface area (Å²) < 4.78 is 29.5. The van der Waals surface area contributed by atoms with Gasteiger partial charge >= 0.3 is 0 Å². The lowest BCUT2D eigenvalue weighted by molar-refractivity contribution is 0.603. The third kappa shape index (κ3) is 3.42. The van der Waals surface area contributed by atoms with Crippen LogP contribution in [0, 0.1) is 0 Å². The maximum Gasteiger partial charge on any atom is 0.271 e. The summed E-state index contributed by atoms with van der Waals surface area (Å²) in [6.45, 7) is 0. The number of benzene rings is 1. The molecule has 0 saturated heterocycles. The van der Waals surface area contributed by atoms with Crippen LogP contribution in [0.2, 0.25) is 0 Å². The van der Waals surface area contributed by atoms with Gasteiger partial charge in [0.2, 0.25) is 5.82 Å². The van der Waals surface area contributed by atoms with Crippen molar-refractivity contribution in [2.75, 3.05) is 4.72 Å². The molecule has 0 amide bonds. The molecule has 148 valence electrons. The molecule has 0 atom stereocenters. The largest absolute Gasteiger partial charge is 0.279 e. The van der Waals surface area contributed by atoms with Crippen LogP contribution in [0.15, 0.2) is 82.5 Å². The number of nitrogens with one attached hydrogen (secondary N) is 1. The number of thiophene rings is 1. The van der Waals surface area contributed by atoms with Crippen LogP contribution in [0.3, 0.4) is 0 Å². The Morgan fingerprint density at radius 2 is 1.83 bits per heavy atom. The first-order valence-corrected chi connectivity index (χ1v) is 11.3. The number of nitrogens with zero attached hydrogens (tertiary/aromatic N) is 5. The molecular weight excluding hydrogens is 420 g/mol. The minimum absolute atomic E-state index is 0.261. The molecule has 5 rings (SSSR count). The molecule has 0 fully saturated rings. The van der Waals surface area contributed by atoms with Gasteiger partial charge in [-0.05, 0) is 47.8 Å². The normalized spacial score (nSPS) is 11.6. The molecule has 1 N–H and O–H groups in total. The maximum absolute atomic E-state index is 12.5. The molecule has 0 aliphatic carbocycles. The van der Waals surface area contributed by atoms with Crippen LogP contribution < -0.4 is 4.72 Å². The molecular formula is C20H14N6O2S2. The van der Waals surface area contributed by atoms with Gasteiger partial charge in [-0.15, -0.1) is 21.5 Å². The fourth-order valence-corrected chi connectivity index (χ4v) is 5.00. The lowest BCUT2D eigenvalue weighted by Crippen LogP contribution is -2.11. The van der Waals surface area contributed by atoms with Gasteiger partial charge in [-0.1, -0.05) is 24.3 Å². The zero-order chi connectivity index (χ0) is 20.6. The molecule has 0 aliphatic heterocycles. The highest BCUT2D eigenvalue weighted by Gasteiger charge is 2.16. The van der Waals surface area contributed by atoms with Crippen LogP contribution in [0.5, 0.6) is 0 Å². The summed E-state index contributed by atoms with van der Waals surface area (Å²) >= 11 is 1.17. The number of hydrogen-bond acceptors (Lipinski definition) is 7. The van der Waals surface area contributed by atoms with Crippen molar-refractivity contribution in [1.82, 2.24) is 24.8 Å². The highest BCUT2D eigenvalue weighted by Crippen LogP contribution is 2.25. The van der Waals surface area contributed by atoms with E-state index in [2.05, 4.69) is 25.0 Å². The van der Waals surface area contributed by atoms with Gasteiger partial charge in [-0.25, -0.2) is 8.42 Å². The minimum atomic E-state index is -3.62. The van der Waals surface area contributed by atoms with Gasteiger partial charge in [-0.2, -0.15) is 9.61 Å². The van der Waals surface area contributed by atoms with E-state index in [1.807, 2.05) is 36.4 Å². The smallest absolute Gasteiger partial charge is 0.271 e. The first-order valence-electron chi connectivity index (χ1n) is 8.91. The van der Waals surface area contributed by atoms with Gasteiger partial charge in [0.15, 0.2) is 5.65 Å². The van der Waals surface area contributed by atoms with Crippen molar-refractivity contribution in [1.29, 1.82) is 0 Å². The molecule has 30 heavy (non-hydrogen) atoms. The number of pyridine rings is 1. The molecule has 0 spiro atoms. The quantitative estimate of drug-likeness (QED) is 0.452. The van der Waals surface area contributed by atoms with Gasteiger partial charge in [0.1, 0.15) is 9.90 Å². The molecule has 0 aliphatic rings. The fourth-order valence-electron chi connectivity index (χ4n) is 2.96. The van der Waals surface area contributed by atoms with Crippen molar-refractivity contribution in [3.8, 4) is 22.8 Å². The number of rotatable bonds is 5. The molecule has 10 heteroatoms. The third-order valence-corrected chi connectivity index (χ3v) is 7.11. The van der Waals surface area contributed by atoms with Crippen molar-refractivity contribution in [3.05, 3.63) is 78.3 Å². The minimum Gasteiger partial charge on any atom is -0.279 e. The predicted octanol–water partition coefficient (Wildman–Crippen LogP) is 3.72. The molecule has 0 unspecified atom stereocenters. The van der Waals surface area contributed by atoms with Crippen LogP contribution in [0.4, 0.5) is 5.69 Å². The van der Waals surface area contributed by atoms with Crippen molar-refractivity contribution in [3.63, 3.8) is 0 Å². The monoisotopic (exact) mass is 434 g/mol. The van der Waals surface area contributed by atoms with E-state index in [1.54, 1.807) is 46.4 Å². The van der Waals surface area contributed by atoms with Crippen molar-refractivity contribution in [2.45, 2.75) is 4.21 Å². The highest BCUT2D eigenvalue weighted by atomic mass is 32.2. The third-order valence-electron chi connectivity index (χ3n) is 4.33. The topological polar surface area (TPSA) is 102 Å². The van der Waals surface area contributed by atoms with Gasteiger partial charge in [-0.3, -0.25) is 9.71 Å². The number of hydrogen-bond donors (Lipinski definition) is 1. The van der Waals surface area contributed by atoms with E-state index in [4.69, 9.17) is 0 Å². The van der Waals surface area contributed by atoms with Gasteiger partial charge < -0.3 is 0 Å². The Labute approximate surface area is 175 Å². The van der Waals surface area contributed by atoms with Crippen LogP contribution in [-0.4, -0.2) is 33.2 Å². The fraction of sp³-hybridized carbons (Fsp3) is 0. The van der Waals surface area contributed by atoms with Gasteiger partial charge in [0.05, 0.1) is 5.69 Å². The molecule has 4 heterocycles. The summed E-state index contributed by atoms with van der Waals surface area (Å²) in [4.78, 5) is 4.31. The van der Waals surface area contributed by atoms with Gasteiger partial charge in [0.25, 0.3) is 10.0 Å². The van der Waals surface area contributed by atoms with E-state index in [1.165, 1.54) is 11.3 Å². The average molecular weight is 435 g/mol. The number of fused-ring (bicyclic) bond motifs is 1. The Morgan fingerprint density at radius 1 is 0.900 bits per heavy atom. The number of aromatic nitrogens is 5. The summed E-state index contributed by atoms with van der Waals surface area (Å²) in [6, 6.07) is 19.5. The van der Waals surface area contributed by atoms with E-state index in [0.717, 1.165) is 5.56 Å². The van der Waals surface area contributed by atoms with E-state index in [-0.39, 0.29) is 4.21 Å². The second-order valence-electron chi connectivity index (χ2n) is 6.35. The van der Waals surface area contributed by atoms with E-state index < -0.39 is 10.0 Å². The molecule has 4 aromatic heterocycles. The molecule has 8 nitrogen and oxygen atoms in total. The maximum atomic E-state index is 12.5. The van der Waals surface area contributed by atoms with E-state index in [0.29, 0.717) is 28.5 Å². The lowest BCUT2D eigenvalue weighted by atomic mass is 10.1. The molecule has 0 saturated carbocycles. The Kier molecular flexibility index (Phi) is 4.49. The Balaban J connectivity index is 1.52. The first-order chi connectivity index (χ1) is 14.6. The Bertz CT molecular complexity index is 1430. The summed E-state index contributed by atoms with van der Waals surface area (Å²) in [5, 5.41) is 14.7. The Morgan fingerprint density at radius 3 is 2.63 bits per heavy atom. The highest BCUT2D eigenvalue weighted by molar-refractivity contribution is 7.94. The zero-order valence-electron chi connectivity index (χ0n) is 15.4. The number of anilines is 1. The summed E-state index contributed by atoms with van der Waals surface area (Å²) in [7, 11) is -3.62. The van der Waals surface area contributed by atoms with Crippen molar-refractivity contribution in [2.24, 2.45) is 0 Å². The van der Waals surface area contributed by atoms with Crippen LogP contribution in [0.1, 0.15) is 0 Å². The molecule has 5 aromatic rings. The lowest BCUT2D eigenvalue weighted by Gasteiger charge is -2.08.